The Bertz CT molecular complexity index is 418. The van der Waals surface area contributed by atoms with Gasteiger partial charge in [0.15, 0.2) is 0 Å². The van der Waals surface area contributed by atoms with Crippen molar-refractivity contribution in [2.24, 2.45) is 0 Å². The molecule has 0 spiro atoms. The molecule has 1 aromatic carbocycles. The molecule has 0 bridgehead atoms. The van der Waals surface area contributed by atoms with E-state index in [9.17, 15) is 13.6 Å². The molecule has 0 saturated carbocycles. The summed E-state index contributed by atoms with van der Waals surface area (Å²) in [5.41, 5.74) is 0.564. The molecule has 5 heteroatoms. The number of ether oxygens (including phenoxy) is 1. The first-order valence-electron chi connectivity index (χ1n) is 6.83. The Hall–Kier alpha value is -1.49. The van der Waals surface area contributed by atoms with E-state index in [0.29, 0.717) is 24.9 Å². The minimum absolute atomic E-state index is 0.302. The number of hydrogen-bond acceptors (Lipinski definition) is 3. The molecule has 1 atom stereocenters. The molecule has 1 N–H and O–H groups in total. The van der Waals surface area contributed by atoms with Crippen molar-refractivity contribution < 1.29 is 18.3 Å². The summed E-state index contributed by atoms with van der Waals surface area (Å²) in [5.74, 6) is -1.48. The van der Waals surface area contributed by atoms with Crippen LogP contribution < -0.4 is 5.32 Å². The molecule has 0 aromatic heterocycles. The Morgan fingerprint density at radius 1 is 1.30 bits per heavy atom. The fourth-order valence-corrected chi connectivity index (χ4v) is 2.00. The maximum Gasteiger partial charge on any atom is 0.322 e. The molecular formula is C15H21F2NO2. The third-order valence-corrected chi connectivity index (χ3v) is 3.06. The van der Waals surface area contributed by atoms with Crippen LogP contribution in [0.25, 0.3) is 0 Å². The lowest BCUT2D eigenvalue weighted by atomic mass is 10.1. The van der Waals surface area contributed by atoms with Crippen molar-refractivity contribution in [3.63, 3.8) is 0 Å². The number of methoxy groups -OCH3 is 1. The molecule has 0 saturated heterocycles. The van der Waals surface area contributed by atoms with E-state index in [2.05, 4.69) is 5.32 Å². The fraction of sp³-hybridized carbons (Fsp3) is 0.533. The maximum atomic E-state index is 13.0. The molecule has 0 aliphatic heterocycles. The van der Waals surface area contributed by atoms with Crippen molar-refractivity contribution in [1.29, 1.82) is 0 Å². The van der Waals surface area contributed by atoms with Crippen molar-refractivity contribution in [2.45, 2.75) is 38.6 Å². The van der Waals surface area contributed by atoms with Crippen LogP contribution in [0.1, 0.15) is 31.7 Å². The number of halogens is 2. The van der Waals surface area contributed by atoms with Gasteiger partial charge in [-0.2, -0.15) is 0 Å². The third kappa shape index (κ3) is 5.65. The number of esters is 1. The second-order valence-electron chi connectivity index (χ2n) is 4.70. The summed E-state index contributed by atoms with van der Waals surface area (Å²) in [6.45, 7) is 2.51. The molecule has 0 heterocycles. The van der Waals surface area contributed by atoms with Crippen LogP contribution in [-0.4, -0.2) is 25.7 Å². The molecule has 3 nitrogen and oxygen atoms in total. The Labute approximate surface area is 118 Å². The van der Waals surface area contributed by atoms with E-state index in [1.54, 1.807) is 0 Å². The summed E-state index contributed by atoms with van der Waals surface area (Å²) >= 11 is 0. The Balaban J connectivity index is 2.48. The van der Waals surface area contributed by atoms with E-state index < -0.39 is 11.6 Å². The minimum atomic E-state index is -0.587. The van der Waals surface area contributed by atoms with Crippen LogP contribution in [-0.2, 0) is 16.0 Å². The van der Waals surface area contributed by atoms with Gasteiger partial charge in [0.25, 0.3) is 0 Å². The zero-order valence-electron chi connectivity index (χ0n) is 11.9. The average molecular weight is 285 g/mol. The second-order valence-corrected chi connectivity index (χ2v) is 4.70. The van der Waals surface area contributed by atoms with E-state index >= 15 is 0 Å². The molecule has 112 valence electrons. The van der Waals surface area contributed by atoms with Gasteiger partial charge in [-0.25, -0.2) is 8.78 Å². The van der Waals surface area contributed by atoms with Gasteiger partial charge in [-0.3, -0.25) is 4.79 Å². The number of rotatable bonds is 8. The Morgan fingerprint density at radius 2 is 1.95 bits per heavy atom. The van der Waals surface area contributed by atoms with Gasteiger partial charge in [-0.1, -0.05) is 19.8 Å². The normalized spacial score (nSPS) is 12.2. The van der Waals surface area contributed by atoms with Crippen LogP contribution in [0, 0.1) is 11.6 Å². The zero-order chi connectivity index (χ0) is 15.0. The maximum absolute atomic E-state index is 13.0. The quantitative estimate of drug-likeness (QED) is 0.746. The summed E-state index contributed by atoms with van der Waals surface area (Å²) in [5, 5.41) is 3.07. The van der Waals surface area contributed by atoms with Crippen LogP contribution in [0.3, 0.4) is 0 Å². The van der Waals surface area contributed by atoms with Crippen LogP contribution in [0.4, 0.5) is 8.78 Å². The van der Waals surface area contributed by atoms with Crippen LogP contribution in [0.15, 0.2) is 18.2 Å². The highest BCUT2D eigenvalue weighted by atomic mass is 19.1. The third-order valence-electron chi connectivity index (χ3n) is 3.06. The van der Waals surface area contributed by atoms with E-state index in [-0.39, 0.29) is 12.0 Å². The van der Waals surface area contributed by atoms with E-state index in [4.69, 9.17) is 4.74 Å². The van der Waals surface area contributed by atoms with Crippen LogP contribution >= 0.6 is 0 Å². The zero-order valence-corrected chi connectivity index (χ0v) is 11.9. The van der Waals surface area contributed by atoms with Crippen molar-refractivity contribution in [3.05, 3.63) is 35.4 Å². The largest absolute Gasteiger partial charge is 0.468 e. The standard InChI is InChI=1S/C15H21F2NO2/c1-3-4-5-14(15(19)20-2)18-7-6-11-8-12(16)10-13(17)9-11/h8-10,14,18H,3-7H2,1-2H3. The predicted molar refractivity (Wildman–Crippen MR) is 73.4 cm³/mol. The van der Waals surface area contributed by atoms with Crippen molar-refractivity contribution >= 4 is 5.97 Å². The monoisotopic (exact) mass is 285 g/mol. The summed E-state index contributed by atoms with van der Waals surface area (Å²) in [6, 6.07) is 3.07. The first kappa shape index (κ1) is 16.6. The summed E-state index contributed by atoms with van der Waals surface area (Å²) in [6.07, 6.45) is 3.06. The van der Waals surface area contributed by atoms with Crippen molar-refractivity contribution in [2.75, 3.05) is 13.7 Å². The summed E-state index contributed by atoms with van der Waals surface area (Å²) < 4.78 is 30.8. The first-order valence-corrected chi connectivity index (χ1v) is 6.83. The topological polar surface area (TPSA) is 38.3 Å². The number of hydrogen-bond donors (Lipinski definition) is 1. The lowest BCUT2D eigenvalue weighted by Crippen LogP contribution is -2.38. The average Bonchev–Trinajstić information content (AvgIpc) is 2.40. The van der Waals surface area contributed by atoms with Gasteiger partial charge < -0.3 is 10.1 Å². The highest BCUT2D eigenvalue weighted by molar-refractivity contribution is 5.75. The first-order chi connectivity index (χ1) is 9.56. The minimum Gasteiger partial charge on any atom is -0.468 e. The molecule has 0 fully saturated rings. The van der Waals surface area contributed by atoms with Gasteiger partial charge in [0.1, 0.15) is 17.7 Å². The van der Waals surface area contributed by atoms with Gasteiger partial charge in [0.2, 0.25) is 0 Å². The predicted octanol–water partition coefficient (Wildman–Crippen LogP) is 2.83. The summed E-state index contributed by atoms with van der Waals surface area (Å²) in [7, 11) is 1.35. The smallest absolute Gasteiger partial charge is 0.322 e. The van der Waals surface area contributed by atoms with Crippen LogP contribution in [0.5, 0.6) is 0 Å². The van der Waals surface area contributed by atoms with Gasteiger partial charge in [0, 0.05) is 6.07 Å². The lowest BCUT2D eigenvalue weighted by molar-refractivity contribution is -0.143. The highest BCUT2D eigenvalue weighted by Crippen LogP contribution is 2.09. The van der Waals surface area contributed by atoms with Crippen molar-refractivity contribution in [1.82, 2.24) is 5.32 Å². The molecule has 1 rings (SSSR count). The second kappa shape index (κ2) is 8.64. The highest BCUT2D eigenvalue weighted by Gasteiger charge is 2.17. The summed E-state index contributed by atoms with van der Waals surface area (Å²) in [4.78, 5) is 11.6. The van der Waals surface area contributed by atoms with Gasteiger partial charge >= 0.3 is 5.97 Å². The Kier molecular flexibility index (Phi) is 7.15. The molecule has 20 heavy (non-hydrogen) atoms. The van der Waals surface area contributed by atoms with Crippen LogP contribution in [0.2, 0.25) is 0 Å². The fourth-order valence-electron chi connectivity index (χ4n) is 2.00. The van der Waals surface area contributed by atoms with Gasteiger partial charge in [-0.15, -0.1) is 0 Å². The molecule has 0 aliphatic rings. The van der Waals surface area contributed by atoms with E-state index in [0.717, 1.165) is 18.9 Å². The molecular weight excluding hydrogens is 264 g/mol. The number of nitrogens with one attached hydrogen (secondary N) is 1. The van der Waals surface area contributed by atoms with E-state index in [1.165, 1.54) is 19.2 Å². The lowest BCUT2D eigenvalue weighted by Gasteiger charge is -2.16. The number of carbonyl (C=O) groups excluding carboxylic acids is 1. The van der Waals surface area contributed by atoms with Crippen molar-refractivity contribution in [3.8, 4) is 0 Å². The Morgan fingerprint density at radius 3 is 2.50 bits per heavy atom. The van der Waals surface area contributed by atoms with Gasteiger partial charge in [-0.05, 0) is 37.1 Å². The number of carbonyl (C=O) groups is 1. The molecule has 1 aromatic rings. The van der Waals surface area contributed by atoms with Gasteiger partial charge in [0.05, 0.1) is 7.11 Å². The number of unbranched alkanes of at least 4 members (excludes halogenated alkanes) is 1. The molecule has 0 aliphatic carbocycles. The SMILES string of the molecule is CCCCC(NCCc1cc(F)cc(F)c1)C(=O)OC. The molecule has 1 unspecified atom stereocenters. The molecule has 0 radical (unpaired) electrons. The molecule has 0 amide bonds. The number of benzene rings is 1. The van der Waals surface area contributed by atoms with E-state index in [1.807, 2.05) is 6.92 Å².